The summed E-state index contributed by atoms with van der Waals surface area (Å²) >= 11 is 0. The van der Waals surface area contributed by atoms with Gasteiger partial charge in [0.25, 0.3) is 5.91 Å². The van der Waals surface area contributed by atoms with Crippen LogP contribution in [-0.2, 0) is 6.42 Å². The summed E-state index contributed by atoms with van der Waals surface area (Å²) in [5.41, 5.74) is 1.89. The van der Waals surface area contributed by atoms with Gasteiger partial charge in [0.1, 0.15) is 22.9 Å². The predicted molar refractivity (Wildman–Crippen MR) is 73.2 cm³/mol. The Hall–Kier alpha value is -2.43. The van der Waals surface area contributed by atoms with Crippen LogP contribution in [-0.4, -0.2) is 17.6 Å². The molecule has 2 aromatic rings. The van der Waals surface area contributed by atoms with E-state index < -0.39 is 28.9 Å². The van der Waals surface area contributed by atoms with Crippen molar-refractivity contribution in [3.05, 3.63) is 64.7 Å². The van der Waals surface area contributed by atoms with Gasteiger partial charge in [-0.3, -0.25) is 4.79 Å². The van der Waals surface area contributed by atoms with Crippen LogP contribution in [0.5, 0.6) is 5.75 Å². The molecule has 0 saturated carbocycles. The summed E-state index contributed by atoms with van der Waals surface area (Å²) in [4.78, 5) is 11.9. The molecule has 0 aromatic heterocycles. The van der Waals surface area contributed by atoms with E-state index in [0.29, 0.717) is 12.6 Å². The summed E-state index contributed by atoms with van der Waals surface area (Å²) in [6.07, 6.45) is 0.855. The monoisotopic (exact) mass is 289 g/mol. The van der Waals surface area contributed by atoms with E-state index >= 15 is 0 Å². The number of nitrogens with one attached hydrogen (secondary N) is 1. The maximum Gasteiger partial charge on any atom is 0.258 e. The van der Waals surface area contributed by atoms with Crippen molar-refractivity contribution in [2.45, 2.75) is 12.3 Å². The number of fused-ring (bicyclic) bond motifs is 1. The van der Waals surface area contributed by atoms with E-state index in [1.54, 1.807) is 0 Å². The number of aromatic hydroxyl groups is 1. The first-order chi connectivity index (χ1) is 10.1. The van der Waals surface area contributed by atoms with Crippen LogP contribution in [0, 0.1) is 11.6 Å². The summed E-state index contributed by atoms with van der Waals surface area (Å²) in [7, 11) is 0. The topological polar surface area (TPSA) is 49.3 Å². The molecule has 0 spiro atoms. The second-order valence-electron chi connectivity index (χ2n) is 5.09. The number of phenols is 1. The van der Waals surface area contributed by atoms with Crippen molar-refractivity contribution in [3.63, 3.8) is 0 Å². The van der Waals surface area contributed by atoms with Gasteiger partial charge in [0.2, 0.25) is 0 Å². The van der Waals surface area contributed by atoms with Crippen LogP contribution in [0.15, 0.2) is 36.4 Å². The summed E-state index contributed by atoms with van der Waals surface area (Å²) < 4.78 is 26.4. The minimum absolute atomic E-state index is 0.191. The van der Waals surface area contributed by atoms with Gasteiger partial charge in [0.05, 0.1) is 0 Å². The Bertz CT molecular complexity index is 692. The maximum absolute atomic E-state index is 13.6. The van der Waals surface area contributed by atoms with Gasteiger partial charge in [-0.05, 0) is 17.5 Å². The maximum atomic E-state index is 13.6. The molecule has 2 N–H and O–H groups in total. The summed E-state index contributed by atoms with van der Waals surface area (Å²) in [6, 6.07) is 9.20. The normalized spacial score (nSPS) is 16.0. The number of benzene rings is 2. The van der Waals surface area contributed by atoms with Crippen LogP contribution in [0.3, 0.4) is 0 Å². The molecule has 1 amide bonds. The fourth-order valence-corrected chi connectivity index (χ4v) is 2.63. The molecule has 0 saturated heterocycles. The number of carbonyl (C=O) groups is 1. The van der Waals surface area contributed by atoms with Crippen LogP contribution in [0.4, 0.5) is 8.78 Å². The van der Waals surface area contributed by atoms with E-state index in [4.69, 9.17) is 0 Å². The van der Waals surface area contributed by atoms with E-state index in [0.717, 1.165) is 12.5 Å². The Morgan fingerprint density at radius 2 is 2.05 bits per heavy atom. The Morgan fingerprint density at radius 1 is 1.29 bits per heavy atom. The minimum Gasteiger partial charge on any atom is -0.507 e. The second-order valence-corrected chi connectivity index (χ2v) is 5.09. The molecule has 108 valence electrons. The van der Waals surface area contributed by atoms with E-state index in [2.05, 4.69) is 5.32 Å². The molecule has 3 rings (SSSR count). The zero-order valence-corrected chi connectivity index (χ0v) is 11.1. The Kier molecular flexibility index (Phi) is 3.33. The molecular formula is C16H13F2NO2. The molecule has 5 heteroatoms. The fourth-order valence-electron chi connectivity index (χ4n) is 2.63. The Labute approximate surface area is 120 Å². The fraction of sp³-hybridized carbons (Fsp3) is 0.188. The van der Waals surface area contributed by atoms with Gasteiger partial charge >= 0.3 is 0 Å². The lowest BCUT2D eigenvalue weighted by Gasteiger charge is -2.30. The highest BCUT2D eigenvalue weighted by Gasteiger charge is 2.26. The largest absolute Gasteiger partial charge is 0.507 e. The summed E-state index contributed by atoms with van der Waals surface area (Å²) in [5, 5.41) is 12.1. The first-order valence-electron chi connectivity index (χ1n) is 6.60. The van der Waals surface area contributed by atoms with Gasteiger partial charge in [-0.25, -0.2) is 8.78 Å². The van der Waals surface area contributed by atoms with Crippen molar-refractivity contribution in [2.75, 3.05) is 6.54 Å². The zero-order valence-electron chi connectivity index (χ0n) is 11.1. The zero-order chi connectivity index (χ0) is 15.0. The molecule has 1 aliphatic carbocycles. The van der Waals surface area contributed by atoms with Crippen molar-refractivity contribution >= 4 is 5.91 Å². The smallest absolute Gasteiger partial charge is 0.258 e. The molecular weight excluding hydrogens is 276 g/mol. The number of phenolic OH excluding ortho intramolecular Hbond substituents is 1. The van der Waals surface area contributed by atoms with Gasteiger partial charge in [-0.1, -0.05) is 24.3 Å². The lowest BCUT2D eigenvalue weighted by atomic mass is 9.77. The molecule has 1 aliphatic rings. The van der Waals surface area contributed by atoms with Gasteiger partial charge in [0, 0.05) is 24.6 Å². The third-order valence-corrected chi connectivity index (χ3v) is 3.73. The van der Waals surface area contributed by atoms with Crippen molar-refractivity contribution in [1.29, 1.82) is 0 Å². The standard InChI is InChI=1S/C16H13F2NO2/c17-11-6-13(18)15(14(20)7-11)16(21)19-8-10-5-9-3-1-2-4-12(9)10/h1-4,6-7,10,20H,5,8H2,(H,19,21). The summed E-state index contributed by atoms with van der Waals surface area (Å²) in [5.74, 6) is -3.24. The SMILES string of the molecule is O=C(NCC1Cc2ccccc21)c1c(O)cc(F)cc1F. The first-order valence-corrected chi connectivity index (χ1v) is 6.60. The van der Waals surface area contributed by atoms with E-state index in [-0.39, 0.29) is 5.92 Å². The lowest BCUT2D eigenvalue weighted by molar-refractivity contribution is 0.0943. The van der Waals surface area contributed by atoms with Crippen molar-refractivity contribution in [2.24, 2.45) is 0 Å². The van der Waals surface area contributed by atoms with Crippen LogP contribution >= 0.6 is 0 Å². The number of amides is 1. The van der Waals surface area contributed by atoms with Crippen molar-refractivity contribution in [1.82, 2.24) is 5.32 Å². The summed E-state index contributed by atoms with van der Waals surface area (Å²) in [6.45, 7) is 0.353. The number of rotatable bonds is 3. The molecule has 0 bridgehead atoms. The molecule has 0 aliphatic heterocycles. The number of hydrogen-bond donors (Lipinski definition) is 2. The van der Waals surface area contributed by atoms with Crippen molar-refractivity contribution in [3.8, 4) is 5.75 Å². The highest BCUT2D eigenvalue weighted by Crippen LogP contribution is 2.34. The third kappa shape index (κ3) is 2.46. The van der Waals surface area contributed by atoms with Gasteiger partial charge in [-0.15, -0.1) is 0 Å². The van der Waals surface area contributed by atoms with E-state index in [1.807, 2.05) is 24.3 Å². The van der Waals surface area contributed by atoms with E-state index in [9.17, 15) is 18.7 Å². The molecule has 2 aromatic carbocycles. The first kappa shape index (κ1) is 13.5. The van der Waals surface area contributed by atoms with Crippen LogP contribution < -0.4 is 5.32 Å². The number of carbonyl (C=O) groups excluding carboxylic acids is 1. The van der Waals surface area contributed by atoms with Gasteiger partial charge in [0.15, 0.2) is 0 Å². The molecule has 21 heavy (non-hydrogen) atoms. The minimum atomic E-state index is -1.07. The molecule has 0 fully saturated rings. The van der Waals surface area contributed by atoms with Gasteiger partial charge in [-0.2, -0.15) is 0 Å². The lowest BCUT2D eigenvalue weighted by Crippen LogP contribution is -2.33. The highest BCUT2D eigenvalue weighted by molar-refractivity contribution is 5.97. The Balaban J connectivity index is 1.69. The number of hydrogen-bond acceptors (Lipinski definition) is 2. The predicted octanol–water partition coefficient (Wildman–Crippen LogP) is 2.74. The number of halogens is 2. The highest BCUT2D eigenvalue weighted by atomic mass is 19.1. The van der Waals surface area contributed by atoms with Crippen molar-refractivity contribution < 1.29 is 18.7 Å². The molecule has 0 radical (unpaired) electrons. The van der Waals surface area contributed by atoms with Gasteiger partial charge < -0.3 is 10.4 Å². The second kappa shape index (κ2) is 5.16. The van der Waals surface area contributed by atoms with E-state index in [1.165, 1.54) is 11.1 Å². The average molecular weight is 289 g/mol. The average Bonchev–Trinajstić information content (AvgIpc) is 2.38. The molecule has 3 nitrogen and oxygen atoms in total. The molecule has 1 unspecified atom stereocenters. The van der Waals surface area contributed by atoms with Crippen LogP contribution in [0.2, 0.25) is 0 Å². The third-order valence-electron chi connectivity index (χ3n) is 3.73. The van der Waals surface area contributed by atoms with Crippen LogP contribution in [0.25, 0.3) is 0 Å². The molecule has 1 atom stereocenters. The van der Waals surface area contributed by atoms with Crippen LogP contribution in [0.1, 0.15) is 27.4 Å². The Morgan fingerprint density at radius 3 is 2.76 bits per heavy atom. The quantitative estimate of drug-likeness (QED) is 0.912. The molecule has 0 heterocycles.